The van der Waals surface area contributed by atoms with Crippen molar-refractivity contribution in [3.8, 4) is 0 Å². The van der Waals surface area contributed by atoms with Gasteiger partial charge in [-0.2, -0.15) is 0 Å². The molecular weight excluding hydrogens is 502 g/mol. The Kier molecular flexibility index (Phi) is 15.1. The molecule has 0 aromatic rings. The van der Waals surface area contributed by atoms with E-state index in [2.05, 4.69) is 63.7 Å². The summed E-state index contributed by atoms with van der Waals surface area (Å²) in [6, 6.07) is 0. The Morgan fingerprint density at radius 2 is 1.37 bits per heavy atom. The first-order valence-corrected chi connectivity index (χ1v) is 10.0. The van der Waals surface area contributed by atoms with E-state index in [0.29, 0.717) is 5.92 Å². The number of hydrogen-bond donors (Lipinski definition) is 0. The van der Waals surface area contributed by atoms with Gasteiger partial charge in [-0.25, -0.2) is 0 Å². The molecular formula is C16H27ClF6N2PRu. The maximum absolute atomic E-state index is 10.7. The predicted octanol–water partition coefficient (Wildman–Crippen LogP) is 3.72. The first kappa shape index (κ1) is 32.5. The molecule has 0 unspecified atom stereocenters. The van der Waals surface area contributed by atoms with E-state index in [1.54, 1.807) is 0 Å². The van der Waals surface area contributed by atoms with Crippen molar-refractivity contribution in [1.82, 2.24) is 4.90 Å². The van der Waals surface area contributed by atoms with E-state index in [1.165, 1.54) is 24.8 Å². The Morgan fingerprint density at radius 3 is 1.78 bits per heavy atom. The van der Waals surface area contributed by atoms with E-state index in [-0.39, 0.29) is 31.9 Å². The molecule has 7 radical (unpaired) electrons. The molecule has 1 heterocycles. The molecule has 2 fully saturated rings. The Balaban J connectivity index is -0.000000314. The number of likely N-dealkylation sites (N-methyl/N-ethyl adjacent to an activating group) is 1. The van der Waals surface area contributed by atoms with Gasteiger partial charge in [0.05, 0.1) is 0 Å². The van der Waals surface area contributed by atoms with Crippen LogP contribution in [0.25, 0.3) is 5.32 Å². The molecule has 0 bridgehead atoms. The molecule has 0 spiro atoms. The zero-order valence-electron chi connectivity index (χ0n) is 15.8. The molecule has 1 saturated carbocycles. The molecule has 2 rings (SSSR count). The third kappa shape index (κ3) is 29.1. The molecule has 1 saturated heterocycles. The van der Waals surface area contributed by atoms with Gasteiger partial charge in [-0.15, -0.1) is 13.1 Å². The monoisotopic (exact) mass is 529 g/mol. The maximum atomic E-state index is 9.87. The van der Waals surface area contributed by atoms with Crippen molar-refractivity contribution in [1.29, 1.82) is 0 Å². The number of nitrogens with zero attached hydrogens (tertiary/aromatic N) is 2. The zero-order valence-corrected chi connectivity index (χ0v) is 19.2. The van der Waals surface area contributed by atoms with Gasteiger partial charge in [-0.1, -0.05) is 27.2 Å². The number of rotatable bonds is 1. The summed E-state index contributed by atoms with van der Waals surface area (Å²) in [6.07, 6.45) is 9.96. The van der Waals surface area contributed by atoms with Crippen molar-refractivity contribution in [2.75, 3.05) is 33.2 Å². The third-order valence-electron chi connectivity index (χ3n) is 3.24. The van der Waals surface area contributed by atoms with Gasteiger partial charge in [0.2, 0.25) is 0 Å². The van der Waals surface area contributed by atoms with E-state index in [0.717, 1.165) is 19.6 Å². The summed E-state index contributed by atoms with van der Waals surface area (Å²) in [5, 5.41) is 4.28. The van der Waals surface area contributed by atoms with Gasteiger partial charge in [0.25, 0.3) is 0 Å². The molecule has 0 atom stereocenters. The number of halogens is 7. The van der Waals surface area contributed by atoms with Gasteiger partial charge < -0.3 is 22.6 Å². The molecule has 163 valence electrons. The van der Waals surface area contributed by atoms with Gasteiger partial charge >= 0.3 is 52.5 Å². The van der Waals surface area contributed by atoms with Crippen molar-refractivity contribution in [2.45, 2.75) is 27.2 Å². The fourth-order valence-electron chi connectivity index (χ4n) is 1.87. The van der Waals surface area contributed by atoms with Crippen LogP contribution in [0.1, 0.15) is 27.2 Å². The van der Waals surface area contributed by atoms with Crippen LogP contribution in [-0.2, 0) is 19.5 Å². The van der Waals surface area contributed by atoms with Crippen LogP contribution < -0.4 is 12.4 Å². The van der Waals surface area contributed by atoms with Crippen molar-refractivity contribution >= 4 is 7.81 Å². The minimum Gasteiger partial charge on any atom is -1.00 e. The first-order valence-electron chi connectivity index (χ1n) is 7.99. The van der Waals surface area contributed by atoms with Crippen LogP contribution in [0, 0.1) is 43.4 Å². The second kappa shape index (κ2) is 12.5. The fourth-order valence-corrected chi connectivity index (χ4v) is 1.87. The van der Waals surface area contributed by atoms with Gasteiger partial charge in [-0.3, -0.25) is 0 Å². The van der Waals surface area contributed by atoms with Crippen molar-refractivity contribution in [3.05, 3.63) is 42.8 Å². The topological polar surface area (TPSA) is 17.3 Å². The molecule has 0 aromatic carbocycles. The minimum atomic E-state index is -10.7. The van der Waals surface area contributed by atoms with Crippen LogP contribution in [-0.4, -0.2) is 38.1 Å². The summed E-state index contributed by atoms with van der Waals surface area (Å²) in [5.74, 6) is 3.41. The van der Waals surface area contributed by atoms with Crippen LogP contribution in [0.5, 0.6) is 0 Å². The molecule has 2 aliphatic rings. The second-order valence-electron chi connectivity index (χ2n) is 6.35. The summed E-state index contributed by atoms with van der Waals surface area (Å²) in [6.45, 7) is 11.0. The largest absolute Gasteiger partial charge is 3.00 e. The minimum absolute atomic E-state index is 0. The summed E-state index contributed by atoms with van der Waals surface area (Å²) in [5.41, 5.74) is 0. The van der Waals surface area contributed by atoms with Gasteiger partial charge in [0, 0.05) is 0 Å². The van der Waals surface area contributed by atoms with Crippen molar-refractivity contribution in [3.63, 3.8) is 0 Å². The van der Waals surface area contributed by atoms with Crippen molar-refractivity contribution < 1.29 is 57.1 Å². The Hall–Kier alpha value is 0.843. The molecule has 0 aromatic heterocycles. The fraction of sp³-hybridized carbons (Fsp3) is 0.625. The summed E-state index contributed by atoms with van der Waals surface area (Å²) < 4.78 is 59.2. The average Bonchev–Trinajstić information content (AvgIpc) is 2.64. The normalized spacial score (nSPS) is 22.3. The number of hydrogen-bond acceptors (Lipinski definition) is 1. The van der Waals surface area contributed by atoms with Crippen LogP contribution >= 0.6 is 7.81 Å². The molecule has 2 nitrogen and oxygen atoms in total. The van der Waals surface area contributed by atoms with Crippen LogP contribution in [0.3, 0.4) is 0 Å². The third-order valence-corrected chi connectivity index (χ3v) is 3.24. The SMILES string of the molecule is CN1CCC[N-]CC1.C[C]1[CH][CH][C](C(C)C)[CH][CH]1.F[P-](F)(F)(F)(F)F.[Cl-].[Ru+3]. The Labute approximate surface area is 179 Å². The Bertz CT molecular complexity index is 356. The smallest absolute Gasteiger partial charge is 1.00 e. The van der Waals surface area contributed by atoms with E-state index in [9.17, 15) is 25.2 Å². The van der Waals surface area contributed by atoms with Gasteiger partial charge in [0.15, 0.2) is 0 Å². The molecule has 0 amide bonds. The molecule has 0 N–H and O–H groups in total. The van der Waals surface area contributed by atoms with Crippen LogP contribution in [0.2, 0.25) is 0 Å². The first-order chi connectivity index (χ1) is 11.0. The maximum Gasteiger partial charge on any atom is 3.00 e. The predicted molar refractivity (Wildman–Crippen MR) is 93.0 cm³/mol. The standard InChI is InChI=1S/C10H14.C6H13N2.ClH.F6P.Ru/c1-8(2)10-6-4-9(3)5-7-10;1-8-5-2-3-7-4-6-8;;1-7(2,3,4,5)6;/h4-8H,1-3H3;2-6H2,1H3;1H;;/q;-1;;-1;+3/p-1. The van der Waals surface area contributed by atoms with E-state index < -0.39 is 7.81 Å². The van der Waals surface area contributed by atoms with E-state index >= 15 is 0 Å². The zero-order chi connectivity index (χ0) is 19.8. The molecule has 11 heteroatoms. The quantitative estimate of drug-likeness (QED) is 0.288. The van der Waals surface area contributed by atoms with Gasteiger partial charge in [-0.05, 0) is 63.6 Å². The van der Waals surface area contributed by atoms with Crippen LogP contribution in [0.4, 0.5) is 25.2 Å². The average molecular weight is 529 g/mol. The summed E-state index contributed by atoms with van der Waals surface area (Å²) in [4.78, 5) is 2.33. The summed E-state index contributed by atoms with van der Waals surface area (Å²) in [7, 11) is -8.50. The van der Waals surface area contributed by atoms with E-state index in [4.69, 9.17) is 0 Å². The van der Waals surface area contributed by atoms with Crippen LogP contribution in [0.15, 0.2) is 0 Å². The van der Waals surface area contributed by atoms with Crippen molar-refractivity contribution in [2.24, 2.45) is 5.92 Å². The molecule has 27 heavy (non-hydrogen) atoms. The Morgan fingerprint density at radius 1 is 0.926 bits per heavy atom. The van der Waals surface area contributed by atoms with E-state index in [1.807, 2.05) is 0 Å². The van der Waals surface area contributed by atoms with Gasteiger partial charge in [0.1, 0.15) is 0 Å². The summed E-state index contributed by atoms with van der Waals surface area (Å²) >= 11 is 0. The second-order valence-corrected chi connectivity index (χ2v) is 8.27. The molecule has 1 aliphatic heterocycles. The molecule has 1 aliphatic carbocycles.